The average molecular weight is 232 g/mol. The number of hydrogen-bond acceptors (Lipinski definition) is 2. The summed E-state index contributed by atoms with van der Waals surface area (Å²) in [5, 5.41) is 0. The summed E-state index contributed by atoms with van der Waals surface area (Å²) < 4.78 is 5.43. The zero-order valence-electron chi connectivity index (χ0n) is 11.1. The predicted molar refractivity (Wildman–Crippen MR) is 68.4 cm³/mol. The molecular formula is C15H20O2. The summed E-state index contributed by atoms with van der Waals surface area (Å²) in [6.45, 7) is 7.72. The highest BCUT2D eigenvalue weighted by molar-refractivity contribution is 5.92. The SMILES string of the molecule is Cc1c(C(=O)OC(C)(C)C)ccc2c1CCC2. The number of carbonyl (C=O) groups excluding carboxylic acids is 1. The van der Waals surface area contributed by atoms with E-state index in [4.69, 9.17) is 4.74 Å². The standard InChI is InChI=1S/C15H20O2/c1-10-12-7-5-6-11(12)8-9-13(10)14(16)17-15(2,3)4/h8-9H,5-7H2,1-4H3. The monoisotopic (exact) mass is 232 g/mol. The van der Waals surface area contributed by atoms with Crippen molar-refractivity contribution < 1.29 is 9.53 Å². The van der Waals surface area contributed by atoms with Crippen LogP contribution >= 0.6 is 0 Å². The first-order valence-corrected chi connectivity index (χ1v) is 6.23. The van der Waals surface area contributed by atoms with Crippen molar-refractivity contribution in [1.82, 2.24) is 0 Å². The van der Waals surface area contributed by atoms with Crippen molar-refractivity contribution in [3.05, 3.63) is 34.4 Å². The van der Waals surface area contributed by atoms with E-state index in [9.17, 15) is 4.79 Å². The Balaban J connectivity index is 2.31. The Labute approximate surface area is 103 Å². The minimum Gasteiger partial charge on any atom is -0.456 e. The van der Waals surface area contributed by atoms with E-state index in [-0.39, 0.29) is 5.97 Å². The minimum absolute atomic E-state index is 0.204. The van der Waals surface area contributed by atoms with Crippen LogP contribution in [0.4, 0.5) is 0 Å². The first-order chi connectivity index (χ1) is 7.88. The van der Waals surface area contributed by atoms with Crippen molar-refractivity contribution in [3.8, 4) is 0 Å². The van der Waals surface area contributed by atoms with Crippen LogP contribution in [0.15, 0.2) is 12.1 Å². The van der Waals surface area contributed by atoms with Gasteiger partial charge in [-0.05, 0) is 69.7 Å². The van der Waals surface area contributed by atoms with Crippen molar-refractivity contribution in [1.29, 1.82) is 0 Å². The molecule has 2 rings (SSSR count). The van der Waals surface area contributed by atoms with Crippen molar-refractivity contribution in [2.75, 3.05) is 0 Å². The first-order valence-electron chi connectivity index (χ1n) is 6.23. The highest BCUT2D eigenvalue weighted by Gasteiger charge is 2.22. The maximum absolute atomic E-state index is 12.1. The van der Waals surface area contributed by atoms with Crippen molar-refractivity contribution in [2.45, 2.75) is 52.6 Å². The molecule has 0 saturated carbocycles. The fourth-order valence-electron chi connectivity index (χ4n) is 2.41. The maximum Gasteiger partial charge on any atom is 0.338 e. The molecule has 0 heterocycles. The molecule has 0 spiro atoms. The molecule has 0 unspecified atom stereocenters. The second-order valence-electron chi connectivity index (χ2n) is 5.73. The summed E-state index contributed by atoms with van der Waals surface area (Å²) in [5.74, 6) is -0.204. The molecule has 0 aromatic heterocycles. The maximum atomic E-state index is 12.1. The Morgan fingerprint density at radius 3 is 2.59 bits per heavy atom. The van der Waals surface area contributed by atoms with E-state index in [0.717, 1.165) is 24.0 Å². The van der Waals surface area contributed by atoms with E-state index in [1.54, 1.807) is 0 Å². The second-order valence-corrected chi connectivity index (χ2v) is 5.73. The van der Waals surface area contributed by atoms with Crippen molar-refractivity contribution >= 4 is 5.97 Å². The lowest BCUT2D eigenvalue weighted by Gasteiger charge is -2.20. The lowest BCUT2D eigenvalue weighted by atomic mass is 9.99. The third-order valence-electron chi connectivity index (χ3n) is 3.19. The number of esters is 1. The fraction of sp³-hybridized carbons (Fsp3) is 0.533. The minimum atomic E-state index is -0.428. The second kappa shape index (κ2) is 4.17. The van der Waals surface area contributed by atoms with Gasteiger partial charge in [0.05, 0.1) is 5.56 Å². The number of hydrogen-bond donors (Lipinski definition) is 0. The van der Waals surface area contributed by atoms with E-state index in [0.29, 0.717) is 0 Å². The summed E-state index contributed by atoms with van der Waals surface area (Å²) in [6, 6.07) is 3.99. The molecule has 2 nitrogen and oxygen atoms in total. The van der Waals surface area contributed by atoms with Gasteiger partial charge in [0.2, 0.25) is 0 Å². The zero-order valence-corrected chi connectivity index (χ0v) is 11.1. The highest BCUT2D eigenvalue weighted by atomic mass is 16.6. The van der Waals surface area contributed by atoms with E-state index in [2.05, 4.69) is 6.07 Å². The number of benzene rings is 1. The van der Waals surface area contributed by atoms with E-state index in [1.807, 2.05) is 33.8 Å². The predicted octanol–water partition coefficient (Wildman–Crippen LogP) is 3.44. The number of fused-ring (bicyclic) bond motifs is 1. The van der Waals surface area contributed by atoms with Gasteiger partial charge in [0, 0.05) is 0 Å². The number of ether oxygens (including phenoxy) is 1. The topological polar surface area (TPSA) is 26.3 Å². The molecule has 0 bridgehead atoms. The van der Waals surface area contributed by atoms with Crippen molar-refractivity contribution in [3.63, 3.8) is 0 Å². The Hall–Kier alpha value is -1.31. The van der Waals surface area contributed by atoms with Gasteiger partial charge in [0.25, 0.3) is 0 Å². The molecule has 2 heteroatoms. The molecule has 0 amide bonds. The number of rotatable bonds is 1. The van der Waals surface area contributed by atoms with Crippen molar-refractivity contribution in [2.24, 2.45) is 0 Å². The zero-order chi connectivity index (χ0) is 12.6. The largest absolute Gasteiger partial charge is 0.456 e. The average Bonchev–Trinajstić information content (AvgIpc) is 2.63. The van der Waals surface area contributed by atoms with Crippen LogP contribution < -0.4 is 0 Å². The molecule has 1 aliphatic carbocycles. The Morgan fingerprint density at radius 1 is 1.24 bits per heavy atom. The van der Waals surface area contributed by atoms with Gasteiger partial charge in [0.1, 0.15) is 5.60 Å². The molecule has 0 aliphatic heterocycles. The molecule has 0 saturated heterocycles. The number of carbonyl (C=O) groups is 1. The molecule has 1 aromatic rings. The van der Waals surface area contributed by atoms with Crippen LogP contribution in [0, 0.1) is 6.92 Å². The Bertz CT molecular complexity index is 453. The third-order valence-corrected chi connectivity index (χ3v) is 3.19. The van der Waals surface area contributed by atoms with Gasteiger partial charge in [0.15, 0.2) is 0 Å². The van der Waals surface area contributed by atoms with Crippen LogP contribution in [0.5, 0.6) is 0 Å². The molecule has 0 fully saturated rings. The van der Waals surface area contributed by atoms with Gasteiger partial charge in [-0.3, -0.25) is 0 Å². The molecule has 1 aromatic carbocycles. The van der Waals surface area contributed by atoms with Gasteiger partial charge in [-0.25, -0.2) is 4.79 Å². The van der Waals surface area contributed by atoms with Crippen LogP contribution in [0.3, 0.4) is 0 Å². The lowest BCUT2D eigenvalue weighted by Crippen LogP contribution is -2.24. The highest BCUT2D eigenvalue weighted by Crippen LogP contribution is 2.28. The normalized spacial score (nSPS) is 14.6. The molecular weight excluding hydrogens is 212 g/mol. The molecule has 0 atom stereocenters. The lowest BCUT2D eigenvalue weighted by molar-refractivity contribution is 0.00686. The first kappa shape index (κ1) is 12.2. The molecule has 17 heavy (non-hydrogen) atoms. The summed E-state index contributed by atoms with van der Waals surface area (Å²) >= 11 is 0. The van der Waals surface area contributed by atoms with Crippen LogP contribution in [0.2, 0.25) is 0 Å². The molecule has 1 aliphatic rings. The molecule has 92 valence electrons. The smallest absolute Gasteiger partial charge is 0.338 e. The third kappa shape index (κ3) is 2.51. The fourth-order valence-corrected chi connectivity index (χ4v) is 2.41. The van der Waals surface area contributed by atoms with Gasteiger partial charge in [-0.1, -0.05) is 6.07 Å². The molecule has 0 N–H and O–H groups in total. The van der Waals surface area contributed by atoms with E-state index in [1.165, 1.54) is 17.5 Å². The van der Waals surface area contributed by atoms with Gasteiger partial charge < -0.3 is 4.74 Å². The summed E-state index contributed by atoms with van der Waals surface area (Å²) in [4.78, 5) is 12.1. The Morgan fingerprint density at radius 2 is 1.94 bits per heavy atom. The van der Waals surface area contributed by atoms with Crippen LogP contribution in [-0.2, 0) is 17.6 Å². The Kier molecular flexibility index (Phi) is 2.98. The van der Waals surface area contributed by atoms with E-state index >= 15 is 0 Å². The van der Waals surface area contributed by atoms with Crippen LogP contribution in [0.25, 0.3) is 0 Å². The van der Waals surface area contributed by atoms with Crippen LogP contribution in [0.1, 0.15) is 54.2 Å². The summed E-state index contributed by atoms with van der Waals surface area (Å²) in [6.07, 6.45) is 3.44. The van der Waals surface area contributed by atoms with E-state index < -0.39 is 5.60 Å². The quantitative estimate of drug-likeness (QED) is 0.693. The van der Waals surface area contributed by atoms with Gasteiger partial charge in [-0.15, -0.1) is 0 Å². The van der Waals surface area contributed by atoms with Gasteiger partial charge in [-0.2, -0.15) is 0 Å². The van der Waals surface area contributed by atoms with Gasteiger partial charge >= 0.3 is 5.97 Å². The molecule has 0 radical (unpaired) electrons. The summed E-state index contributed by atoms with van der Waals surface area (Å²) in [7, 11) is 0. The number of aryl methyl sites for hydroxylation is 1. The van der Waals surface area contributed by atoms with Crippen LogP contribution in [-0.4, -0.2) is 11.6 Å². The summed E-state index contributed by atoms with van der Waals surface area (Å²) in [5.41, 5.74) is 4.15.